The van der Waals surface area contributed by atoms with Crippen molar-refractivity contribution in [1.29, 1.82) is 0 Å². The molecule has 1 saturated heterocycles. The first-order chi connectivity index (χ1) is 8.36. The molecule has 3 rings (SSSR count). The van der Waals surface area contributed by atoms with Crippen LogP contribution in [-0.4, -0.2) is 30.1 Å². The molecule has 1 aliphatic carbocycles. The van der Waals surface area contributed by atoms with Gasteiger partial charge in [-0.25, -0.2) is 0 Å². The standard InChI is InChI=1S/C15H22N2/c1-2-6-14(7-3-1)12-17-11-10-16-15(13-17)8-4-5-9-15/h1-3,6-7,16H,4-5,8-13H2. The Morgan fingerprint density at radius 1 is 1.12 bits per heavy atom. The average Bonchev–Trinajstić information content (AvgIpc) is 2.79. The molecule has 0 aromatic heterocycles. The van der Waals surface area contributed by atoms with E-state index < -0.39 is 0 Å². The van der Waals surface area contributed by atoms with Crippen LogP contribution in [0.1, 0.15) is 31.2 Å². The SMILES string of the molecule is c1ccc(CN2CCNC3(CCCC3)C2)cc1. The Hall–Kier alpha value is -0.860. The number of hydrogen-bond acceptors (Lipinski definition) is 2. The number of nitrogens with one attached hydrogen (secondary N) is 1. The van der Waals surface area contributed by atoms with Crippen molar-refractivity contribution in [3.8, 4) is 0 Å². The van der Waals surface area contributed by atoms with Crippen molar-refractivity contribution < 1.29 is 0 Å². The lowest BCUT2D eigenvalue weighted by Crippen LogP contribution is -2.58. The zero-order valence-electron chi connectivity index (χ0n) is 10.5. The fraction of sp³-hybridized carbons (Fsp3) is 0.600. The summed E-state index contributed by atoms with van der Waals surface area (Å²) in [5.41, 5.74) is 1.90. The van der Waals surface area contributed by atoms with Gasteiger partial charge in [-0.1, -0.05) is 43.2 Å². The van der Waals surface area contributed by atoms with Gasteiger partial charge >= 0.3 is 0 Å². The third-order valence-corrected chi connectivity index (χ3v) is 4.26. The number of piperazine rings is 1. The summed E-state index contributed by atoms with van der Waals surface area (Å²) < 4.78 is 0. The summed E-state index contributed by atoms with van der Waals surface area (Å²) in [4.78, 5) is 2.62. The van der Waals surface area contributed by atoms with Crippen LogP contribution in [0.25, 0.3) is 0 Å². The minimum atomic E-state index is 0.451. The van der Waals surface area contributed by atoms with Crippen molar-refractivity contribution in [3.05, 3.63) is 35.9 Å². The second-order valence-corrected chi connectivity index (χ2v) is 5.61. The van der Waals surface area contributed by atoms with Crippen molar-refractivity contribution in [2.24, 2.45) is 0 Å². The van der Waals surface area contributed by atoms with E-state index in [1.54, 1.807) is 0 Å². The Morgan fingerprint density at radius 3 is 2.65 bits per heavy atom. The first-order valence-electron chi connectivity index (χ1n) is 6.88. The van der Waals surface area contributed by atoms with E-state index in [1.165, 1.54) is 44.3 Å². The van der Waals surface area contributed by atoms with E-state index >= 15 is 0 Å². The van der Waals surface area contributed by atoms with Crippen LogP contribution in [-0.2, 0) is 6.54 Å². The molecule has 1 aromatic rings. The zero-order valence-corrected chi connectivity index (χ0v) is 10.5. The minimum absolute atomic E-state index is 0.451. The van der Waals surface area contributed by atoms with Crippen molar-refractivity contribution in [2.75, 3.05) is 19.6 Å². The van der Waals surface area contributed by atoms with E-state index in [4.69, 9.17) is 0 Å². The molecule has 1 heterocycles. The van der Waals surface area contributed by atoms with Gasteiger partial charge in [-0.05, 0) is 18.4 Å². The monoisotopic (exact) mass is 230 g/mol. The Balaban J connectivity index is 1.64. The van der Waals surface area contributed by atoms with Crippen LogP contribution in [0.3, 0.4) is 0 Å². The van der Waals surface area contributed by atoms with Crippen molar-refractivity contribution in [3.63, 3.8) is 0 Å². The van der Waals surface area contributed by atoms with Crippen LogP contribution in [0.4, 0.5) is 0 Å². The van der Waals surface area contributed by atoms with Crippen LogP contribution in [0.5, 0.6) is 0 Å². The molecule has 0 radical (unpaired) electrons. The maximum atomic E-state index is 3.77. The summed E-state index contributed by atoms with van der Waals surface area (Å²) in [6.45, 7) is 4.70. The Morgan fingerprint density at radius 2 is 1.88 bits per heavy atom. The number of rotatable bonds is 2. The van der Waals surface area contributed by atoms with Gasteiger partial charge in [0.25, 0.3) is 0 Å². The Kier molecular flexibility index (Phi) is 3.17. The molecule has 1 aromatic carbocycles. The molecular weight excluding hydrogens is 208 g/mol. The highest BCUT2D eigenvalue weighted by Crippen LogP contribution is 2.32. The molecule has 1 spiro atoms. The molecule has 0 atom stereocenters. The van der Waals surface area contributed by atoms with Crippen LogP contribution < -0.4 is 5.32 Å². The van der Waals surface area contributed by atoms with Gasteiger partial charge in [0.05, 0.1) is 0 Å². The van der Waals surface area contributed by atoms with Gasteiger partial charge in [0.15, 0.2) is 0 Å². The molecule has 17 heavy (non-hydrogen) atoms. The molecule has 1 aliphatic heterocycles. The van der Waals surface area contributed by atoms with Gasteiger partial charge in [0.1, 0.15) is 0 Å². The second-order valence-electron chi connectivity index (χ2n) is 5.61. The number of nitrogens with zero attached hydrogens (tertiary/aromatic N) is 1. The quantitative estimate of drug-likeness (QED) is 0.839. The molecular formula is C15H22N2. The van der Waals surface area contributed by atoms with E-state index in [9.17, 15) is 0 Å². The van der Waals surface area contributed by atoms with Gasteiger partial charge in [0.2, 0.25) is 0 Å². The normalized spacial score (nSPS) is 24.2. The molecule has 1 N–H and O–H groups in total. The van der Waals surface area contributed by atoms with Gasteiger partial charge < -0.3 is 5.32 Å². The molecule has 92 valence electrons. The fourth-order valence-electron chi connectivity index (χ4n) is 3.41. The maximum absolute atomic E-state index is 3.77. The highest BCUT2D eigenvalue weighted by Gasteiger charge is 2.37. The number of hydrogen-bond donors (Lipinski definition) is 1. The zero-order chi connectivity index (χ0) is 11.6. The molecule has 0 bridgehead atoms. The smallest absolute Gasteiger partial charge is 0.0309 e. The largest absolute Gasteiger partial charge is 0.309 e. The third-order valence-electron chi connectivity index (χ3n) is 4.26. The van der Waals surface area contributed by atoms with Gasteiger partial charge in [-0.2, -0.15) is 0 Å². The topological polar surface area (TPSA) is 15.3 Å². The lowest BCUT2D eigenvalue weighted by molar-refractivity contribution is 0.129. The fourth-order valence-corrected chi connectivity index (χ4v) is 3.41. The van der Waals surface area contributed by atoms with Crippen LogP contribution >= 0.6 is 0 Å². The average molecular weight is 230 g/mol. The molecule has 0 amide bonds. The summed E-state index contributed by atoms with van der Waals surface area (Å²) in [7, 11) is 0. The number of benzene rings is 1. The molecule has 2 nitrogen and oxygen atoms in total. The van der Waals surface area contributed by atoms with Gasteiger partial charge in [-0.3, -0.25) is 4.90 Å². The van der Waals surface area contributed by atoms with Gasteiger partial charge in [0, 0.05) is 31.7 Å². The van der Waals surface area contributed by atoms with Crippen LogP contribution in [0, 0.1) is 0 Å². The minimum Gasteiger partial charge on any atom is -0.309 e. The Bertz CT molecular complexity index is 354. The summed E-state index contributed by atoms with van der Waals surface area (Å²) in [5, 5.41) is 3.77. The highest BCUT2D eigenvalue weighted by molar-refractivity contribution is 5.15. The highest BCUT2D eigenvalue weighted by atomic mass is 15.2. The lowest BCUT2D eigenvalue weighted by Gasteiger charge is -2.41. The van der Waals surface area contributed by atoms with Crippen LogP contribution in [0.2, 0.25) is 0 Å². The van der Waals surface area contributed by atoms with Crippen molar-refractivity contribution in [1.82, 2.24) is 10.2 Å². The van der Waals surface area contributed by atoms with Gasteiger partial charge in [-0.15, -0.1) is 0 Å². The molecule has 0 unspecified atom stereocenters. The van der Waals surface area contributed by atoms with E-state index in [0.29, 0.717) is 5.54 Å². The lowest BCUT2D eigenvalue weighted by atomic mass is 9.94. The molecule has 2 heteroatoms. The molecule has 1 saturated carbocycles. The van der Waals surface area contributed by atoms with Crippen molar-refractivity contribution in [2.45, 2.75) is 37.8 Å². The maximum Gasteiger partial charge on any atom is 0.0309 e. The summed E-state index contributed by atoms with van der Waals surface area (Å²) in [6.07, 6.45) is 5.56. The predicted octanol–water partition coefficient (Wildman–Crippen LogP) is 2.40. The summed E-state index contributed by atoms with van der Waals surface area (Å²) >= 11 is 0. The summed E-state index contributed by atoms with van der Waals surface area (Å²) in [5.74, 6) is 0. The Labute approximate surface area is 104 Å². The third kappa shape index (κ3) is 2.53. The van der Waals surface area contributed by atoms with E-state index in [2.05, 4.69) is 40.5 Å². The van der Waals surface area contributed by atoms with E-state index in [0.717, 1.165) is 13.1 Å². The first-order valence-corrected chi connectivity index (χ1v) is 6.88. The predicted molar refractivity (Wildman–Crippen MR) is 70.9 cm³/mol. The van der Waals surface area contributed by atoms with E-state index in [-0.39, 0.29) is 0 Å². The van der Waals surface area contributed by atoms with Crippen LogP contribution in [0.15, 0.2) is 30.3 Å². The summed E-state index contributed by atoms with van der Waals surface area (Å²) in [6, 6.07) is 10.9. The van der Waals surface area contributed by atoms with Crippen molar-refractivity contribution >= 4 is 0 Å². The molecule has 2 aliphatic rings. The second kappa shape index (κ2) is 4.79. The first kappa shape index (κ1) is 11.2. The molecule has 2 fully saturated rings. The van der Waals surface area contributed by atoms with E-state index in [1.807, 2.05) is 0 Å².